The maximum atomic E-state index is 2.43. The predicted octanol–water partition coefficient (Wildman–Crippen LogP) is 14.3. The Morgan fingerprint density at radius 3 is 0.478 bits per heavy atom. The molecule has 6 heteroatoms. The Morgan fingerprint density at radius 1 is 0.209 bits per heavy atom. The predicted molar refractivity (Wildman–Crippen MR) is 303 cm³/mol. The average Bonchev–Trinajstić information content (AvgIpc) is 3.89. The second-order valence-corrected chi connectivity index (χ2v) is 31.4. The van der Waals surface area contributed by atoms with Gasteiger partial charge in [-0.1, -0.05) is 165 Å². The Bertz CT molecular complexity index is 1120. The van der Waals surface area contributed by atoms with Gasteiger partial charge in [0.15, 0.2) is 0 Å². The van der Waals surface area contributed by atoms with Crippen molar-refractivity contribution >= 4 is 0 Å². The summed E-state index contributed by atoms with van der Waals surface area (Å²) in [5, 5.41) is 0. The van der Waals surface area contributed by atoms with E-state index >= 15 is 0 Å². The highest BCUT2D eigenvalue weighted by Crippen LogP contribution is 2.39. The highest BCUT2D eigenvalue weighted by Gasteiger charge is 2.36. The molecule has 0 spiro atoms. The molecule has 0 aromatic rings. The van der Waals surface area contributed by atoms with Crippen LogP contribution in [0.15, 0.2) is 0 Å². The summed E-state index contributed by atoms with van der Waals surface area (Å²) in [6.45, 7) is 64.7. The highest BCUT2D eigenvalue weighted by atomic mass is 15.2. The summed E-state index contributed by atoms with van der Waals surface area (Å²) in [4.78, 5) is 14.4. The Labute approximate surface area is 424 Å². The van der Waals surface area contributed by atoms with Crippen molar-refractivity contribution in [1.29, 1.82) is 0 Å². The number of hydrogen-bond donors (Lipinski definition) is 0. The van der Waals surface area contributed by atoms with Crippen molar-refractivity contribution < 1.29 is 0 Å². The van der Waals surface area contributed by atoms with Crippen molar-refractivity contribution in [3.05, 3.63) is 0 Å². The molecule has 0 radical (unpaired) electrons. The standard InChI is InChI=1S/C10H20.3C9H19N.3C8H17N/c1-10(2,3)9-7-5-4-6-8-9;3*1-9(2,3)8-5-6-10(4)7-8;3*1-8(2,3)7-5-9(4)6-7/h9H,4-8H2,1-3H3;3*8H,5-7H2,1-4H3;3*7H,5-6H2,1-4H3. The van der Waals surface area contributed by atoms with Crippen LogP contribution in [-0.4, -0.2) is 150 Å². The number of nitrogens with zero attached hydrogens (tertiary/aromatic N) is 6. The van der Waals surface area contributed by atoms with Crippen molar-refractivity contribution in [3.8, 4) is 0 Å². The van der Waals surface area contributed by atoms with Crippen molar-refractivity contribution in [2.45, 2.75) is 197 Å². The molecule has 1 saturated carbocycles. The van der Waals surface area contributed by atoms with Gasteiger partial charge in [0.25, 0.3) is 0 Å². The van der Waals surface area contributed by atoms with Gasteiger partial charge in [0.05, 0.1) is 0 Å². The first-order chi connectivity index (χ1) is 30.1. The summed E-state index contributed by atoms with van der Waals surface area (Å²) in [5.41, 5.74) is 3.73. The molecule has 67 heavy (non-hydrogen) atoms. The third-order valence-electron chi connectivity index (χ3n) is 17.5. The van der Waals surface area contributed by atoms with E-state index < -0.39 is 0 Å². The lowest BCUT2D eigenvalue weighted by molar-refractivity contribution is 0.0459. The van der Waals surface area contributed by atoms with Gasteiger partial charge in [-0.15, -0.1) is 0 Å². The Balaban J connectivity index is 0.000000391. The Morgan fingerprint density at radius 2 is 0.388 bits per heavy atom. The van der Waals surface area contributed by atoms with E-state index in [9.17, 15) is 0 Å². The van der Waals surface area contributed by atoms with Crippen LogP contribution in [0.3, 0.4) is 0 Å². The Kier molecular flexibility index (Phi) is 26.3. The third kappa shape index (κ3) is 26.3. The van der Waals surface area contributed by atoms with Crippen molar-refractivity contribution in [1.82, 2.24) is 29.4 Å². The van der Waals surface area contributed by atoms with Gasteiger partial charge in [-0.3, -0.25) is 0 Å². The van der Waals surface area contributed by atoms with Gasteiger partial charge in [-0.2, -0.15) is 0 Å². The van der Waals surface area contributed by atoms with E-state index in [0.717, 1.165) is 41.4 Å². The SMILES string of the molecule is CC(C)(C)C1CCCCC1.CN1CC(C(C)(C)C)C1.CN1CC(C(C)(C)C)C1.CN1CC(C(C)(C)C)C1.CN1CCC(C(C)(C)C)C1.CN1CCC(C(C)(C)C)C1.CN1CCC(C(C)(C)C)C1. The van der Waals surface area contributed by atoms with E-state index in [0.29, 0.717) is 37.9 Å². The molecule has 0 N–H and O–H groups in total. The summed E-state index contributed by atoms with van der Waals surface area (Å²) in [6, 6.07) is 0. The molecule has 6 saturated heterocycles. The minimum Gasteiger partial charge on any atom is -0.306 e. The van der Waals surface area contributed by atoms with Gasteiger partial charge in [0, 0.05) is 58.9 Å². The molecule has 7 rings (SSSR count). The third-order valence-corrected chi connectivity index (χ3v) is 17.5. The van der Waals surface area contributed by atoms with Crippen LogP contribution in [0.1, 0.15) is 197 Å². The monoisotopic (exact) mass is 945 g/mol. The second-order valence-electron chi connectivity index (χ2n) is 31.4. The number of likely N-dealkylation sites (tertiary alicyclic amines) is 6. The molecule has 6 nitrogen and oxygen atoms in total. The second kappa shape index (κ2) is 27.2. The molecule has 0 aromatic carbocycles. The van der Waals surface area contributed by atoms with E-state index in [1.54, 1.807) is 0 Å². The quantitative estimate of drug-likeness (QED) is 0.239. The van der Waals surface area contributed by atoms with Gasteiger partial charge in [-0.25, -0.2) is 0 Å². The van der Waals surface area contributed by atoms with Crippen LogP contribution in [-0.2, 0) is 0 Å². The molecule has 7 aliphatic rings. The normalized spacial score (nSPS) is 26.3. The molecule has 402 valence electrons. The molecule has 0 bridgehead atoms. The zero-order valence-electron chi connectivity index (χ0n) is 51.4. The van der Waals surface area contributed by atoms with Crippen molar-refractivity contribution in [2.24, 2.45) is 79.3 Å². The maximum Gasteiger partial charge on any atom is 0.00240 e. The number of hydrogen-bond acceptors (Lipinski definition) is 6. The van der Waals surface area contributed by atoms with E-state index in [4.69, 9.17) is 0 Å². The molecule has 6 aliphatic heterocycles. The fraction of sp³-hybridized carbons (Fsp3) is 1.00. The first-order valence-electron chi connectivity index (χ1n) is 28.2. The summed E-state index contributed by atoms with van der Waals surface area (Å²) >= 11 is 0. The zero-order chi connectivity index (χ0) is 52.1. The summed E-state index contributed by atoms with van der Waals surface area (Å²) in [6.07, 6.45) is 11.5. The minimum absolute atomic E-state index is 0.519. The van der Waals surface area contributed by atoms with Gasteiger partial charge in [-0.05, 0) is 173 Å². The van der Waals surface area contributed by atoms with Crippen molar-refractivity contribution in [2.75, 3.05) is 121 Å². The van der Waals surface area contributed by atoms with Crippen LogP contribution in [0, 0.1) is 79.3 Å². The molecule has 7 fully saturated rings. The van der Waals surface area contributed by atoms with Crippen LogP contribution in [0.25, 0.3) is 0 Å². The summed E-state index contributed by atoms with van der Waals surface area (Å²) in [7, 11) is 13.2. The van der Waals surface area contributed by atoms with Crippen LogP contribution in [0.2, 0.25) is 0 Å². The van der Waals surface area contributed by atoms with Crippen molar-refractivity contribution in [3.63, 3.8) is 0 Å². The highest BCUT2D eigenvalue weighted by molar-refractivity contribution is 4.88. The van der Waals surface area contributed by atoms with Gasteiger partial charge in [0.2, 0.25) is 0 Å². The van der Waals surface area contributed by atoms with E-state index in [-0.39, 0.29) is 0 Å². The molecular formula is C61H128N6. The lowest BCUT2D eigenvalue weighted by Gasteiger charge is -2.44. The van der Waals surface area contributed by atoms with Crippen LogP contribution >= 0.6 is 0 Å². The van der Waals surface area contributed by atoms with Gasteiger partial charge < -0.3 is 29.4 Å². The fourth-order valence-corrected chi connectivity index (χ4v) is 10.6. The summed E-state index contributed by atoms with van der Waals surface area (Å²) in [5.74, 6) is 6.54. The van der Waals surface area contributed by atoms with E-state index in [1.807, 2.05) is 0 Å². The molecule has 3 unspecified atom stereocenters. The molecule has 0 amide bonds. The molecule has 1 aliphatic carbocycles. The first-order valence-corrected chi connectivity index (χ1v) is 28.2. The average molecular weight is 946 g/mol. The molecular weight excluding hydrogens is 817 g/mol. The fourth-order valence-electron chi connectivity index (χ4n) is 10.6. The zero-order valence-corrected chi connectivity index (χ0v) is 51.4. The van der Waals surface area contributed by atoms with Gasteiger partial charge in [0.1, 0.15) is 0 Å². The van der Waals surface area contributed by atoms with E-state index in [1.165, 1.54) is 130 Å². The van der Waals surface area contributed by atoms with Crippen LogP contribution in [0.4, 0.5) is 0 Å². The Hall–Kier alpha value is -0.240. The van der Waals surface area contributed by atoms with Gasteiger partial charge >= 0.3 is 0 Å². The molecule has 6 heterocycles. The topological polar surface area (TPSA) is 19.4 Å². The lowest BCUT2D eigenvalue weighted by Crippen LogP contribution is -2.49. The number of rotatable bonds is 0. The first kappa shape index (κ1) is 64.8. The molecule has 0 aromatic heterocycles. The summed E-state index contributed by atoms with van der Waals surface area (Å²) < 4.78 is 0. The lowest BCUT2D eigenvalue weighted by atomic mass is 9.72. The molecule has 3 atom stereocenters. The maximum absolute atomic E-state index is 2.43. The van der Waals surface area contributed by atoms with Crippen LogP contribution < -0.4 is 0 Å². The minimum atomic E-state index is 0.519. The largest absolute Gasteiger partial charge is 0.306 e. The van der Waals surface area contributed by atoms with E-state index in [2.05, 4.69) is 217 Å². The van der Waals surface area contributed by atoms with Crippen LogP contribution in [0.5, 0.6) is 0 Å². The smallest absolute Gasteiger partial charge is 0.00240 e.